The smallest absolute Gasteiger partial charge is 0.240 e. The van der Waals surface area contributed by atoms with Crippen LogP contribution in [-0.4, -0.2) is 29.5 Å². The van der Waals surface area contributed by atoms with Gasteiger partial charge in [0.05, 0.1) is 5.54 Å². The Morgan fingerprint density at radius 3 is 2.53 bits per heavy atom. The molecule has 0 heterocycles. The highest BCUT2D eigenvalue weighted by atomic mass is 35.5. The predicted molar refractivity (Wildman–Crippen MR) is 68.6 cm³/mol. The molecule has 90 valence electrons. The Morgan fingerprint density at radius 1 is 1.53 bits per heavy atom. The van der Waals surface area contributed by atoms with Crippen molar-refractivity contribution in [3.63, 3.8) is 0 Å². The minimum atomic E-state index is -0.577. The Balaban J connectivity index is 0.00000196. The van der Waals surface area contributed by atoms with Crippen molar-refractivity contribution in [3.05, 3.63) is 0 Å². The number of nitrogens with two attached hydrogens (primary N) is 1. The molecule has 0 saturated heterocycles. The van der Waals surface area contributed by atoms with Gasteiger partial charge in [0.1, 0.15) is 0 Å². The molecule has 0 bridgehead atoms. The van der Waals surface area contributed by atoms with Crippen LogP contribution in [0.15, 0.2) is 0 Å². The Hall–Kier alpha value is 0.0700. The van der Waals surface area contributed by atoms with Crippen LogP contribution in [0.2, 0.25) is 0 Å². The molecule has 0 aromatic heterocycles. The maximum absolute atomic E-state index is 11.8. The van der Waals surface area contributed by atoms with Crippen molar-refractivity contribution in [1.82, 2.24) is 5.32 Å². The molecule has 5 heteroatoms. The number of hydrogen-bond donors (Lipinski definition) is 2. The van der Waals surface area contributed by atoms with E-state index in [0.717, 1.165) is 31.4 Å². The number of hydrogen-bond acceptors (Lipinski definition) is 3. The lowest BCUT2D eigenvalue weighted by Crippen LogP contribution is -2.54. The molecule has 1 aliphatic carbocycles. The van der Waals surface area contributed by atoms with E-state index in [1.807, 2.05) is 13.2 Å². The number of nitrogens with one attached hydrogen (secondary N) is 1. The van der Waals surface area contributed by atoms with Crippen LogP contribution >= 0.6 is 24.2 Å². The summed E-state index contributed by atoms with van der Waals surface area (Å²) >= 11 is 1.74. The zero-order chi connectivity index (χ0) is 10.6. The summed E-state index contributed by atoms with van der Waals surface area (Å²) in [5, 5.41) is 2.98. The first-order valence-electron chi connectivity index (χ1n) is 5.17. The highest BCUT2D eigenvalue weighted by Crippen LogP contribution is 2.27. The highest BCUT2D eigenvalue weighted by molar-refractivity contribution is 7.98. The summed E-state index contributed by atoms with van der Waals surface area (Å²) in [6, 6.07) is 0.221. The summed E-state index contributed by atoms with van der Waals surface area (Å²) in [7, 11) is 0. The number of rotatable bonds is 4. The van der Waals surface area contributed by atoms with Gasteiger partial charge in [-0.15, -0.1) is 12.4 Å². The van der Waals surface area contributed by atoms with Crippen molar-refractivity contribution in [2.75, 3.05) is 12.0 Å². The SMILES string of the molecule is CSCC(C)NC(=O)C1(N)CCCC1.Cl. The van der Waals surface area contributed by atoms with E-state index in [1.54, 1.807) is 11.8 Å². The van der Waals surface area contributed by atoms with Gasteiger partial charge in [-0.3, -0.25) is 4.79 Å². The summed E-state index contributed by atoms with van der Waals surface area (Å²) < 4.78 is 0. The number of carbonyl (C=O) groups excluding carboxylic acids is 1. The summed E-state index contributed by atoms with van der Waals surface area (Å²) in [6.45, 7) is 2.02. The lowest BCUT2D eigenvalue weighted by Gasteiger charge is -2.24. The van der Waals surface area contributed by atoms with Gasteiger partial charge < -0.3 is 11.1 Å². The minimum Gasteiger partial charge on any atom is -0.351 e. The average molecular weight is 253 g/mol. The highest BCUT2D eigenvalue weighted by Gasteiger charge is 2.37. The van der Waals surface area contributed by atoms with E-state index in [9.17, 15) is 4.79 Å². The summed E-state index contributed by atoms with van der Waals surface area (Å²) in [5.41, 5.74) is 5.45. The van der Waals surface area contributed by atoms with Crippen LogP contribution in [0, 0.1) is 0 Å². The third-order valence-corrected chi connectivity index (χ3v) is 3.58. The second-order valence-electron chi connectivity index (χ2n) is 4.19. The molecule has 1 fully saturated rings. The zero-order valence-corrected chi connectivity index (χ0v) is 11.0. The van der Waals surface area contributed by atoms with Crippen LogP contribution in [0.4, 0.5) is 0 Å². The van der Waals surface area contributed by atoms with Crippen LogP contribution in [0.25, 0.3) is 0 Å². The molecule has 0 radical (unpaired) electrons. The predicted octanol–water partition coefficient (Wildman–Crippen LogP) is 1.55. The Bertz CT molecular complexity index is 208. The Labute approximate surface area is 102 Å². The van der Waals surface area contributed by atoms with Gasteiger partial charge in [-0.05, 0) is 26.0 Å². The van der Waals surface area contributed by atoms with Crippen molar-refractivity contribution in [2.24, 2.45) is 5.73 Å². The van der Waals surface area contributed by atoms with Gasteiger partial charge >= 0.3 is 0 Å². The normalized spacial score (nSPS) is 20.5. The van der Waals surface area contributed by atoms with Crippen molar-refractivity contribution in [1.29, 1.82) is 0 Å². The summed E-state index contributed by atoms with van der Waals surface area (Å²) in [4.78, 5) is 11.8. The van der Waals surface area contributed by atoms with Crippen molar-refractivity contribution >= 4 is 30.1 Å². The van der Waals surface area contributed by atoms with Crippen LogP contribution in [0.3, 0.4) is 0 Å². The third-order valence-electron chi connectivity index (χ3n) is 2.74. The number of thioether (sulfide) groups is 1. The van der Waals surface area contributed by atoms with E-state index in [0.29, 0.717) is 0 Å². The molecule has 0 aromatic carbocycles. The second kappa shape index (κ2) is 6.61. The van der Waals surface area contributed by atoms with E-state index in [4.69, 9.17) is 5.73 Å². The lowest BCUT2D eigenvalue weighted by molar-refractivity contribution is -0.126. The molecule has 1 aliphatic rings. The van der Waals surface area contributed by atoms with Crippen LogP contribution in [-0.2, 0) is 4.79 Å². The molecule has 3 N–H and O–H groups in total. The monoisotopic (exact) mass is 252 g/mol. The molecular weight excluding hydrogens is 232 g/mol. The van der Waals surface area contributed by atoms with Gasteiger partial charge in [0, 0.05) is 11.8 Å². The van der Waals surface area contributed by atoms with Gasteiger partial charge in [0.25, 0.3) is 0 Å². The van der Waals surface area contributed by atoms with Gasteiger partial charge in [-0.1, -0.05) is 12.8 Å². The van der Waals surface area contributed by atoms with Gasteiger partial charge in [-0.25, -0.2) is 0 Å². The molecule has 0 aliphatic heterocycles. The summed E-state index contributed by atoms with van der Waals surface area (Å²) in [5.74, 6) is 0.985. The third kappa shape index (κ3) is 4.21. The fourth-order valence-corrected chi connectivity index (χ4v) is 2.48. The summed E-state index contributed by atoms with van der Waals surface area (Å²) in [6.07, 6.45) is 5.88. The molecule has 1 atom stereocenters. The molecule has 3 nitrogen and oxygen atoms in total. The maximum Gasteiger partial charge on any atom is 0.240 e. The standard InChI is InChI=1S/C10H20N2OS.ClH/c1-8(7-14-2)12-9(13)10(11)5-3-4-6-10;/h8H,3-7,11H2,1-2H3,(H,12,13);1H. The average Bonchev–Trinajstić information content (AvgIpc) is 2.54. The Morgan fingerprint density at radius 2 is 2.07 bits per heavy atom. The zero-order valence-electron chi connectivity index (χ0n) is 9.41. The van der Waals surface area contributed by atoms with Gasteiger partial charge in [0.15, 0.2) is 0 Å². The molecule has 15 heavy (non-hydrogen) atoms. The minimum absolute atomic E-state index is 0. The van der Waals surface area contributed by atoms with E-state index >= 15 is 0 Å². The quantitative estimate of drug-likeness (QED) is 0.798. The van der Waals surface area contributed by atoms with Crippen molar-refractivity contribution in [2.45, 2.75) is 44.2 Å². The fraction of sp³-hybridized carbons (Fsp3) is 0.900. The van der Waals surface area contributed by atoms with E-state index < -0.39 is 5.54 Å². The van der Waals surface area contributed by atoms with E-state index in [-0.39, 0.29) is 24.4 Å². The molecule has 0 spiro atoms. The first-order chi connectivity index (χ1) is 6.58. The van der Waals surface area contributed by atoms with E-state index in [1.165, 1.54) is 0 Å². The van der Waals surface area contributed by atoms with Crippen molar-refractivity contribution < 1.29 is 4.79 Å². The first-order valence-corrected chi connectivity index (χ1v) is 6.56. The number of amides is 1. The lowest BCUT2D eigenvalue weighted by atomic mass is 9.98. The molecule has 1 rings (SSSR count). The largest absolute Gasteiger partial charge is 0.351 e. The molecule has 1 saturated carbocycles. The molecule has 1 unspecified atom stereocenters. The second-order valence-corrected chi connectivity index (χ2v) is 5.10. The maximum atomic E-state index is 11.8. The molecule has 1 amide bonds. The molecular formula is C10H21ClN2OS. The topological polar surface area (TPSA) is 55.1 Å². The van der Waals surface area contributed by atoms with E-state index in [2.05, 4.69) is 5.32 Å². The number of carbonyl (C=O) groups is 1. The van der Waals surface area contributed by atoms with Crippen molar-refractivity contribution in [3.8, 4) is 0 Å². The Kier molecular flexibility index (Phi) is 6.64. The van der Waals surface area contributed by atoms with Crippen LogP contribution in [0.1, 0.15) is 32.6 Å². The first kappa shape index (κ1) is 15.1. The molecule has 0 aromatic rings. The van der Waals surface area contributed by atoms with Gasteiger partial charge in [0.2, 0.25) is 5.91 Å². The van der Waals surface area contributed by atoms with Crippen LogP contribution in [0.5, 0.6) is 0 Å². The van der Waals surface area contributed by atoms with Crippen LogP contribution < -0.4 is 11.1 Å². The van der Waals surface area contributed by atoms with Gasteiger partial charge in [-0.2, -0.15) is 11.8 Å². The number of halogens is 1. The fourth-order valence-electron chi connectivity index (χ4n) is 1.89.